The van der Waals surface area contributed by atoms with E-state index in [1.807, 2.05) is 13.1 Å². The van der Waals surface area contributed by atoms with Crippen LogP contribution < -0.4 is 5.69 Å². The minimum absolute atomic E-state index is 0.000806. The normalized spacial score (nSPS) is 23.4. The molecule has 1 aromatic heterocycles. The van der Waals surface area contributed by atoms with Crippen LogP contribution >= 0.6 is 0 Å². The standard InChI is InChI=1S/C16H22BN2O2/c1-15(2)16(3,4)21-13(17-15)10-7-8-11-12(9-10)19(6)14(20)18(11)5/h7-9,13H,1-6H3. The van der Waals surface area contributed by atoms with Gasteiger partial charge in [0.25, 0.3) is 0 Å². The van der Waals surface area contributed by atoms with Crippen molar-refractivity contribution in [3.05, 3.63) is 34.2 Å². The zero-order valence-corrected chi connectivity index (χ0v) is 13.6. The first-order valence-electron chi connectivity index (χ1n) is 7.33. The van der Waals surface area contributed by atoms with Crippen LogP contribution in [0.15, 0.2) is 23.0 Å². The van der Waals surface area contributed by atoms with Gasteiger partial charge in [0.1, 0.15) is 0 Å². The number of rotatable bonds is 1. The van der Waals surface area contributed by atoms with Crippen molar-refractivity contribution in [2.45, 2.75) is 44.6 Å². The van der Waals surface area contributed by atoms with Gasteiger partial charge in [-0.15, -0.1) is 0 Å². The molecule has 1 aromatic carbocycles. The number of aromatic nitrogens is 2. The molecule has 0 N–H and O–H groups in total. The maximum absolute atomic E-state index is 12.0. The third kappa shape index (κ3) is 1.98. The molecule has 2 heterocycles. The Morgan fingerprint density at radius 2 is 1.71 bits per heavy atom. The Bertz CT molecular complexity index is 754. The number of nitrogens with zero attached hydrogens (tertiary/aromatic N) is 2. The van der Waals surface area contributed by atoms with Crippen molar-refractivity contribution in [3.63, 3.8) is 0 Å². The van der Waals surface area contributed by atoms with E-state index < -0.39 is 0 Å². The molecule has 1 aliphatic heterocycles. The van der Waals surface area contributed by atoms with E-state index in [1.165, 1.54) is 0 Å². The molecule has 1 atom stereocenters. The molecule has 1 radical (unpaired) electrons. The van der Waals surface area contributed by atoms with Crippen molar-refractivity contribution in [1.29, 1.82) is 0 Å². The molecule has 21 heavy (non-hydrogen) atoms. The Kier molecular flexibility index (Phi) is 2.93. The topological polar surface area (TPSA) is 36.2 Å². The summed E-state index contributed by atoms with van der Waals surface area (Å²) in [6, 6.07) is 6.09. The van der Waals surface area contributed by atoms with E-state index in [1.54, 1.807) is 16.2 Å². The minimum atomic E-state index is -0.199. The fraction of sp³-hybridized carbons (Fsp3) is 0.562. The highest BCUT2D eigenvalue weighted by Gasteiger charge is 2.48. The van der Waals surface area contributed by atoms with Gasteiger partial charge in [-0.05, 0) is 36.9 Å². The highest BCUT2D eigenvalue weighted by molar-refractivity contribution is 6.43. The first-order valence-corrected chi connectivity index (χ1v) is 7.33. The number of benzene rings is 1. The monoisotopic (exact) mass is 285 g/mol. The summed E-state index contributed by atoms with van der Waals surface area (Å²) in [5, 5.41) is 0.00912. The summed E-state index contributed by atoms with van der Waals surface area (Å²) >= 11 is 0. The van der Waals surface area contributed by atoms with Crippen LogP contribution in [-0.4, -0.2) is 22.0 Å². The van der Waals surface area contributed by atoms with Gasteiger partial charge in [0.05, 0.1) is 22.6 Å². The van der Waals surface area contributed by atoms with Gasteiger partial charge < -0.3 is 4.74 Å². The van der Waals surface area contributed by atoms with E-state index in [0.29, 0.717) is 0 Å². The second-order valence-electron chi connectivity index (χ2n) is 7.09. The third-order valence-electron chi connectivity index (χ3n) is 5.17. The van der Waals surface area contributed by atoms with Crippen molar-refractivity contribution < 1.29 is 4.74 Å². The molecular formula is C16H22BN2O2. The number of hydrogen-bond acceptors (Lipinski definition) is 2. The minimum Gasteiger partial charge on any atom is -0.377 e. The Morgan fingerprint density at radius 3 is 2.29 bits per heavy atom. The first-order chi connectivity index (χ1) is 9.64. The van der Waals surface area contributed by atoms with Crippen LogP contribution in [0.3, 0.4) is 0 Å². The van der Waals surface area contributed by atoms with Crippen LogP contribution in [0.25, 0.3) is 11.0 Å². The second-order valence-corrected chi connectivity index (χ2v) is 7.09. The van der Waals surface area contributed by atoms with Gasteiger partial charge in [0, 0.05) is 14.1 Å². The van der Waals surface area contributed by atoms with E-state index in [2.05, 4.69) is 47.1 Å². The van der Waals surface area contributed by atoms with Gasteiger partial charge in [0.15, 0.2) is 7.28 Å². The summed E-state index contributed by atoms with van der Waals surface area (Å²) in [6.07, 6.45) is 0. The maximum atomic E-state index is 12.0. The number of aryl methyl sites for hydroxylation is 2. The summed E-state index contributed by atoms with van der Waals surface area (Å²) in [5.41, 5.74) is 2.79. The van der Waals surface area contributed by atoms with E-state index in [9.17, 15) is 4.79 Å². The number of hydrogen-bond donors (Lipinski definition) is 0. The quantitative estimate of drug-likeness (QED) is 0.755. The fourth-order valence-electron chi connectivity index (χ4n) is 2.95. The molecular weight excluding hydrogens is 263 g/mol. The van der Waals surface area contributed by atoms with E-state index in [4.69, 9.17) is 4.74 Å². The molecule has 2 aromatic rings. The summed E-state index contributed by atoms with van der Waals surface area (Å²) < 4.78 is 9.58. The Labute approximate surface area is 126 Å². The molecule has 1 unspecified atom stereocenters. The Balaban J connectivity index is 2.08. The molecule has 0 aliphatic carbocycles. The van der Waals surface area contributed by atoms with Crippen LogP contribution in [0.4, 0.5) is 0 Å². The zero-order chi connectivity index (χ0) is 15.6. The molecule has 0 saturated carbocycles. The third-order valence-corrected chi connectivity index (χ3v) is 5.17. The number of imidazole rings is 1. The maximum Gasteiger partial charge on any atom is 0.328 e. The second kappa shape index (κ2) is 4.26. The van der Waals surface area contributed by atoms with Gasteiger partial charge in [-0.1, -0.05) is 19.9 Å². The SMILES string of the molecule is Cn1c(=O)n(C)c2cc(C3[B]C(C)(C)C(C)(C)O3)ccc21. The molecule has 1 fully saturated rings. The predicted molar refractivity (Wildman–Crippen MR) is 85.9 cm³/mol. The lowest BCUT2D eigenvalue weighted by atomic mass is 9.47. The van der Waals surface area contributed by atoms with Gasteiger partial charge in [-0.3, -0.25) is 9.13 Å². The average molecular weight is 285 g/mol. The smallest absolute Gasteiger partial charge is 0.328 e. The van der Waals surface area contributed by atoms with E-state index in [-0.39, 0.29) is 22.6 Å². The molecule has 5 heteroatoms. The van der Waals surface area contributed by atoms with Crippen molar-refractivity contribution in [3.8, 4) is 0 Å². The highest BCUT2D eigenvalue weighted by Crippen LogP contribution is 2.51. The van der Waals surface area contributed by atoms with Crippen LogP contribution in [0.5, 0.6) is 0 Å². The molecule has 0 spiro atoms. The van der Waals surface area contributed by atoms with Gasteiger partial charge in [-0.25, -0.2) is 4.79 Å². The molecule has 1 saturated heterocycles. The zero-order valence-electron chi connectivity index (χ0n) is 13.6. The average Bonchev–Trinajstić information content (AvgIpc) is 2.75. The lowest BCUT2D eigenvalue weighted by molar-refractivity contribution is -0.0342. The van der Waals surface area contributed by atoms with E-state index in [0.717, 1.165) is 16.6 Å². The predicted octanol–water partition coefficient (Wildman–Crippen LogP) is 2.59. The fourth-order valence-corrected chi connectivity index (χ4v) is 2.95. The van der Waals surface area contributed by atoms with Crippen LogP contribution in [0.2, 0.25) is 5.31 Å². The lowest BCUT2D eigenvalue weighted by Gasteiger charge is -2.33. The molecule has 3 rings (SSSR count). The summed E-state index contributed by atoms with van der Waals surface area (Å²) in [5.74, 6) is 0. The molecule has 0 bridgehead atoms. The largest absolute Gasteiger partial charge is 0.377 e. The highest BCUT2D eigenvalue weighted by atomic mass is 16.5. The van der Waals surface area contributed by atoms with Crippen molar-refractivity contribution in [2.24, 2.45) is 14.1 Å². The first kappa shape index (κ1) is 14.5. The van der Waals surface area contributed by atoms with Gasteiger partial charge in [0.2, 0.25) is 0 Å². The molecule has 1 aliphatic rings. The summed E-state index contributed by atoms with van der Waals surface area (Å²) in [6.45, 7) is 8.65. The van der Waals surface area contributed by atoms with Crippen molar-refractivity contribution in [1.82, 2.24) is 9.13 Å². The Hall–Kier alpha value is -1.49. The van der Waals surface area contributed by atoms with Crippen LogP contribution in [0.1, 0.15) is 39.3 Å². The number of ether oxygens (including phenoxy) is 1. The molecule has 111 valence electrons. The lowest BCUT2D eigenvalue weighted by Crippen LogP contribution is -2.31. The van der Waals surface area contributed by atoms with Crippen LogP contribution in [0, 0.1) is 0 Å². The molecule has 4 nitrogen and oxygen atoms in total. The number of fused-ring (bicyclic) bond motifs is 1. The van der Waals surface area contributed by atoms with Crippen molar-refractivity contribution >= 4 is 18.3 Å². The van der Waals surface area contributed by atoms with Gasteiger partial charge in [-0.2, -0.15) is 0 Å². The Morgan fingerprint density at radius 1 is 1.10 bits per heavy atom. The van der Waals surface area contributed by atoms with E-state index >= 15 is 0 Å². The summed E-state index contributed by atoms with van der Waals surface area (Å²) in [7, 11) is 5.87. The van der Waals surface area contributed by atoms with Crippen molar-refractivity contribution in [2.75, 3.05) is 0 Å². The van der Waals surface area contributed by atoms with Crippen LogP contribution in [-0.2, 0) is 18.8 Å². The summed E-state index contributed by atoms with van der Waals surface area (Å²) in [4.78, 5) is 12.0. The molecule has 0 amide bonds. The van der Waals surface area contributed by atoms with Gasteiger partial charge >= 0.3 is 5.69 Å².